The minimum absolute atomic E-state index is 0.538. The molecule has 1 aliphatic rings. The fourth-order valence-electron chi connectivity index (χ4n) is 2.12. The lowest BCUT2D eigenvalue weighted by atomic mass is 10.2. The van der Waals surface area contributed by atoms with Crippen LogP contribution in [0.1, 0.15) is 38.3 Å². The Morgan fingerprint density at radius 3 is 3.12 bits per heavy atom. The number of thioether (sulfide) groups is 1. The number of aryl methyl sites for hydroxylation is 1. The first-order valence-electron chi connectivity index (χ1n) is 6.53. The first kappa shape index (κ1) is 12.9. The monoisotopic (exact) mass is 254 g/mol. The van der Waals surface area contributed by atoms with Crippen LogP contribution in [0.4, 0.5) is 0 Å². The standard InChI is InChI=1S/C12H22N4S/c1-3-17-9-10(2)13-8-12-15-14-11-6-4-5-7-16(11)12/h10,13H,3-9H2,1-2H3. The van der Waals surface area contributed by atoms with Gasteiger partial charge in [-0.25, -0.2) is 0 Å². The van der Waals surface area contributed by atoms with E-state index in [2.05, 4.69) is 33.9 Å². The second-order valence-electron chi connectivity index (χ2n) is 4.58. The molecule has 0 aliphatic carbocycles. The number of nitrogens with zero attached hydrogens (tertiary/aromatic N) is 3. The molecule has 0 aromatic carbocycles. The van der Waals surface area contributed by atoms with Crippen LogP contribution in [0.5, 0.6) is 0 Å². The van der Waals surface area contributed by atoms with E-state index in [4.69, 9.17) is 0 Å². The van der Waals surface area contributed by atoms with Gasteiger partial charge in [0.2, 0.25) is 0 Å². The highest BCUT2D eigenvalue weighted by molar-refractivity contribution is 7.99. The molecule has 0 spiro atoms. The van der Waals surface area contributed by atoms with E-state index in [1.54, 1.807) is 0 Å². The Balaban J connectivity index is 1.84. The maximum absolute atomic E-state index is 4.29. The largest absolute Gasteiger partial charge is 0.314 e. The Morgan fingerprint density at radius 2 is 2.29 bits per heavy atom. The molecule has 1 aromatic heterocycles. The third-order valence-corrected chi connectivity index (χ3v) is 4.26. The molecule has 1 unspecified atom stereocenters. The van der Waals surface area contributed by atoms with Crippen LogP contribution in [-0.4, -0.2) is 32.3 Å². The predicted molar refractivity (Wildman–Crippen MR) is 72.3 cm³/mol. The number of hydrogen-bond acceptors (Lipinski definition) is 4. The molecule has 0 saturated heterocycles. The van der Waals surface area contributed by atoms with Crippen LogP contribution in [0.2, 0.25) is 0 Å². The molecule has 4 nitrogen and oxygen atoms in total. The number of hydrogen-bond donors (Lipinski definition) is 1. The minimum Gasteiger partial charge on any atom is -0.314 e. The number of nitrogens with one attached hydrogen (secondary N) is 1. The lowest BCUT2D eigenvalue weighted by Gasteiger charge is -2.16. The van der Waals surface area contributed by atoms with E-state index in [1.165, 1.54) is 24.4 Å². The molecule has 2 rings (SSSR count). The fraction of sp³-hybridized carbons (Fsp3) is 0.833. The third kappa shape index (κ3) is 3.45. The average Bonchev–Trinajstić information content (AvgIpc) is 2.77. The summed E-state index contributed by atoms with van der Waals surface area (Å²) in [6.45, 7) is 6.37. The maximum atomic E-state index is 4.29. The highest BCUT2D eigenvalue weighted by Crippen LogP contribution is 2.14. The van der Waals surface area contributed by atoms with Crippen LogP contribution in [-0.2, 0) is 19.5 Å². The molecule has 0 bridgehead atoms. The average molecular weight is 254 g/mol. The summed E-state index contributed by atoms with van der Waals surface area (Å²) in [5.41, 5.74) is 0. The molecular weight excluding hydrogens is 232 g/mol. The smallest absolute Gasteiger partial charge is 0.147 e. The zero-order valence-electron chi connectivity index (χ0n) is 10.8. The van der Waals surface area contributed by atoms with Crippen LogP contribution in [0, 0.1) is 0 Å². The Morgan fingerprint density at radius 1 is 1.41 bits per heavy atom. The van der Waals surface area contributed by atoms with Gasteiger partial charge in [-0.15, -0.1) is 10.2 Å². The van der Waals surface area contributed by atoms with Gasteiger partial charge in [0, 0.05) is 24.8 Å². The van der Waals surface area contributed by atoms with E-state index in [9.17, 15) is 0 Å². The van der Waals surface area contributed by atoms with Gasteiger partial charge in [-0.3, -0.25) is 0 Å². The Kier molecular flexibility index (Phi) is 4.86. The van der Waals surface area contributed by atoms with Gasteiger partial charge in [0.1, 0.15) is 11.6 Å². The van der Waals surface area contributed by atoms with Gasteiger partial charge in [0.25, 0.3) is 0 Å². The van der Waals surface area contributed by atoms with E-state index in [0.717, 1.165) is 31.1 Å². The molecule has 1 aliphatic heterocycles. The van der Waals surface area contributed by atoms with Gasteiger partial charge in [-0.2, -0.15) is 11.8 Å². The summed E-state index contributed by atoms with van der Waals surface area (Å²) >= 11 is 1.98. The Bertz CT molecular complexity index is 350. The molecule has 0 radical (unpaired) electrons. The van der Waals surface area contributed by atoms with Gasteiger partial charge in [-0.1, -0.05) is 6.92 Å². The van der Waals surface area contributed by atoms with Gasteiger partial charge >= 0.3 is 0 Å². The summed E-state index contributed by atoms with van der Waals surface area (Å²) in [5.74, 6) is 4.63. The van der Waals surface area contributed by atoms with E-state index in [1.807, 2.05) is 11.8 Å². The quantitative estimate of drug-likeness (QED) is 0.841. The molecule has 5 heteroatoms. The van der Waals surface area contributed by atoms with Crippen molar-refractivity contribution in [3.63, 3.8) is 0 Å². The highest BCUT2D eigenvalue weighted by Gasteiger charge is 2.15. The maximum Gasteiger partial charge on any atom is 0.147 e. The minimum atomic E-state index is 0.538. The molecule has 0 saturated carbocycles. The second kappa shape index (κ2) is 6.40. The van der Waals surface area contributed by atoms with Crippen LogP contribution >= 0.6 is 11.8 Å². The first-order valence-corrected chi connectivity index (χ1v) is 7.68. The molecule has 1 atom stereocenters. The molecule has 1 aromatic rings. The van der Waals surface area contributed by atoms with E-state index < -0.39 is 0 Å². The van der Waals surface area contributed by atoms with E-state index in [0.29, 0.717) is 6.04 Å². The summed E-state index contributed by atoms with van der Waals surface area (Å²) in [5, 5.41) is 12.1. The highest BCUT2D eigenvalue weighted by atomic mass is 32.2. The van der Waals surface area contributed by atoms with Gasteiger partial charge in [0.15, 0.2) is 0 Å². The van der Waals surface area contributed by atoms with Gasteiger partial charge < -0.3 is 9.88 Å². The van der Waals surface area contributed by atoms with Crippen LogP contribution in [0.15, 0.2) is 0 Å². The lowest BCUT2D eigenvalue weighted by Crippen LogP contribution is -2.29. The molecule has 0 fully saturated rings. The number of fused-ring (bicyclic) bond motifs is 1. The van der Waals surface area contributed by atoms with Crippen molar-refractivity contribution in [2.24, 2.45) is 0 Å². The topological polar surface area (TPSA) is 42.7 Å². The first-order chi connectivity index (χ1) is 8.31. The van der Waals surface area contributed by atoms with E-state index in [-0.39, 0.29) is 0 Å². The summed E-state index contributed by atoms with van der Waals surface area (Å²) in [6, 6.07) is 0.538. The fourth-order valence-corrected chi connectivity index (χ4v) is 2.83. The van der Waals surface area contributed by atoms with Crippen LogP contribution in [0.3, 0.4) is 0 Å². The van der Waals surface area contributed by atoms with Crippen molar-refractivity contribution in [3.8, 4) is 0 Å². The molecule has 17 heavy (non-hydrogen) atoms. The zero-order chi connectivity index (χ0) is 12.1. The Hall–Kier alpha value is -0.550. The van der Waals surface area contributed by atoms with Crippen molar-refractivity contribution in [2.45, 2.75) is 52.2 Å². The zero-order valence-corrected chi connectivity index (χ0v) is 11.6. The van der Waals surface area contributed by atoms with Gasteiger partial charge in [-0.05, 0) is 25.5 Å². The summed E-state index contributed by atoms with van der Waals surface area (Å²) < 4.78 is 2.29. The predicted octanol–water partition coefficient (Wildman–Crippen LogP) is 1.85. The molecular formula is C12H22N4S. The van der Waals surface area contributed by atoms with E-state index >= 15 is 0 Å². The van der Waals surface area contributed by atoms with Crippen molar-refractivity contribution in [1.29, 1.82) is 0 Å². The number of rotatable bonds is 6. The van der Waals surface area contributed by atoms with Crippen molar-refractivity contribution in [3.05, 3.63) is 11.6 Å². The van der Waals surface area contributed by atoms with Crippen molar-refractivity contribution >= 4 is 11.8 Å². The third-order valence-electron chi connectivity index (χ3n) is 3.12. The molecule has 96 valence electrons. The van der Waals surface area contributed by atoms with Crippen molar-refractivity contribution in [2.75, 3.05) is 11.5 Å². The van der Waals surface area contributed by atoms with Crippen LogP contribution < -0.4 is 5.32 Å². The molecule has 2 heterocycles. The van der Waals surface area contributed by atoms with Crippen molar-refractivity contribution < 1.29 is 0 Å². The summed E-state index contributed by atoms with van der Waals surface area (Å²) in [6.07, 6.45) is 3.61. The molecule has 1 N–H and O–H groups in total. The summed E-state index contributed by atoms with van der Waals surface area (Å²) in [7, 11) is 0. The Labute approximate surface area is 108 Å². The SMILES string of the molecule is CCSCC(C)NCc1nnc2n1CCCC2. The normalized spacial score (nSPS) is 16.8. The van der Waals surface area contributed by atoms with Gasteiger partial charge in [0.05, 0.1) is 6.54 Å². The van der Waals surface area contributed by atoms with Crippen molar-refractivity contribution in [1.82, 2.24) is 20.1 Å². The number of aromatic nitrogens is 3. The second-order valence-corrected chi connectivity index (χ2v) is 5.90. The lowest BCUT2D eigenvalue weighted by molar-refractivity contribution is 0.488. The van der Waals surface area contributed by atoms with Crippen LogP contribution in [0.25, 0.3) is 0 Å². The molecule has 0 amide bonds. The summed E-state index contributed by atoms with van der Waals surface area (Å²) in [4.78, 5) is 0.